The van der Waals surface area contributed by atoms with Crippen LogP contribution in [0.15, 0.2) is 53.4 Å². The van der Waals surface area contributed by atoms with Gasteiger partial charge in [-0.15, -0.1) is 0 Å². The average molecular weight is 705 g/mol. The number of nitrogens with zero attached hydrogens (tertiary/aromatic N) is 2. The van der Waals surface area contributed by atoms with Gasteiger partial charge < -0.3 is 49.3 Å². The second kappa shape index (κ2) is 16.0. The Morgan fingerprint density at radius 2 is 1.84 bits per heavy atom. The summed E-state index contributed by atoms with van der Waals surface area (Å²) >= 11 is 0. The number of hydrogen-bond donors (Lipinski definition) is 3. The Morgan fingerprint density at radius 3 is 2.57 bits per heavy atom. The van der Waals surface area contributed by atoms with Gasteiger partial charge >= 0.3 is 0 Å². The summed E-state index contributed by atoms with van der Waals surface area (Å²) in [7, 11) is -4.26. The van der Waals surface area contributed by atoms with Crippen LogP contribution in [-0.4, -0.2) is 111 Å². The Hall–Kier alpha value is -3.47. The molecule has 0 bridgehead atoms. The smallest absolute Gasteiger partial charge is 0.245 e. The molecule has 2 fully saturated rings. The summed E-state index contributed by atoms with van der Waals surface area (Å²) in [6.45, 7) is 3.64. The van der Waals surface area contributed by atoms with Gasteiger partial charge in [0.05, 0.1) is 36.3 Å². The van der Waals surface area contributed by atoms with Gasteiger partial charge in [0, 0.05) is 31.6 Å². The van der Waals surface area contributed by atoms with Crippen molar-refractivity contribution in [3.8, 4) is 11.5 Å². The number of hydrogen-bond acceptors (Lipinski definition) is 11. The van der Waals surface area contributed by atoms with E-state index in [9.17, 15) is 28.2 Å². The summed E-state index contributed by atoms with van der Waals surface area (Å²) in [5.74, 6) is -0.0203. The van der Waals surface area contributed by atoms with E-state index in [4.69, 9.17) is 24.1 Å². The van der Waals surface area contributed by atoms with Crippen molar-refractivity contribution in [2.75, 3.05) is 46.2 Å². The van der Waals surface area contributed by atoms with Crippen LogP contribution < -0.4 is 19.9 Å². The summed E-state index contributed by atoms with van der Waals surface area (Å²) in [5.41, 5.74) is 0.163. The summed E-state index contributed by atoms with van der Waals surface area (Å²) in [6.07, 6.45) is -0.981. The SMILES string of the molecule is CC(C)(CCCCNC(=O)CO)CN(C[C@@H](O)[C@H](Cc1ccccc1)N(C(=O)[O-])[C@H]1CO[C@H]2OCC[C@H]21)S(=O)(=O)c1ccc2c(c1)OCO2. The predicted octanol–water partition coefficient (Wildman–Crippen LogP) is 1.09. The van der Waals surface area contributed by atoms with E-state index in [2.05, 4.69) is 5.32 Å². The van der Waals surface area contributed by atoms with Crippen LogP contribution in [0.5, 0.6) is 11.5 Å². The summed E-state index contributed by atoms with van der Waals surface area (Å²) in [6, 6.07) is 11.7. The number of aliphatic hydroxyl groups excluding tert-OH is 2. The molecule has 3 heterocycles. The second-order valence-corrected chi connectivity index (χ2v) is 15.5. The van der Waals surface area contributed by atoms with Gasteiger partial charge in [0.15, 0.2) is 17.8 Å². The van der Waals surface area contributed by atoms with Crippen molar-refractivity contribution >= 4 is 22.0 Å². The van der Waals surface area contributed by atoms with Gasteiger partial charge in [0.1, 0.15) is 12.7 Å². The number of carboxylic acid groups (broad SMARTS) is 1. The number of benzene rings is 2. The normalized spacial score (nSPS) is 21.4. The number of rotatable bonds is 17. The van der Waals surface area contributed by atoms with Gasteiger partial charge in [0.25, 0.3) is 0 Å². The minimum Gasteiger partial charge on any atom is -0.530 e. The van der Waals surface area contributed by atoms with Crippen LogP contribution in [0.1, 0.15) is 45.1 Å². The van der Waals surface area contributed by atoms with Crippen LogP contribution in [-0.2, 0) is 30.7 Å². The first-order valence-electron chi connectivity index (χ1n) is 16.6. The Labute approximate surface area is 286 Å². The quantitative estimate of drug-likeness (QED) is 0.200. The van der Waals surface area contributed by atoms with Crippen molar-refractivity contribution in [2.45, 2.75) is 75.3 Å². The van der Waals surface area contributed by atoms with Crippen LogP contribution in [0.3, 0.4) is 0 Å². The first-order chi connectivity index (χ1) is 23.4. The Morgan fingerprint density at radius 1 is 1.08 bits per heavy atom. The van der Waals surface area contributed by atoms with Crippen molar-refractivity contribution in [2.24, 2.45) is 11.3 Å². The van der Waals surface area contributed by atoms with E-state index in [1.54, 1.807) is 0 Å². The van der Waals surface area contributed by atoms with E-state index in [0.29, 0.717) is 44.6 Å². The molecule has 49 heavy (non-hydrogen) atoms. The maximum atomic E-state index is 14.4. The fraction of sp³-hybridized carbons (Fsp3) is 0.588. The molecule has 2 aromatic carbocycles. The zero-order valence-electron chi connectivity index (χ0n) is 27.9. The van der Waals surface area contributed by atoms with E-state index in [-0.39, 0.29) is 42.9 Å². The van der Waals surface area contributed by atoms with Gasteiger partial charge in [-0.25, -0.2) is 8.42 Å². The molecule has 2 amide bonds. The van der Waals surface area contributed by atoms with Crippen LogP contribution in [0.25, 0.3) is 0 Å². The molecule has 14 nitrogen and oxygen atoms in total. The Bertz CT molecular complexity index is 1540. The third-order valence-electron chi connectivity index (χ3n) is 9.39. The minimum absolute atomic E-state index is 0.00169. The lowest BCUT2D eigenvalue weighted by atomic mass is 9.87. The standard InChI is InChI=1S/C34H47N3O11S/c1-34(2,13-6-7-14-35-31(40)19-38)21-36(49(43,44)24-10-11-29-30(17-24)48-22-47-29)18-28(39)26(16-23-8-4-3-5-9-23)37(33(41)42)27-20-46-32-25(27)12-15-45-32/h3-5,8-11,17,25-28,32,38-39H,6-7,12-16,18-22H2,1-2H3,(H,35,40)(H,41,42)/p-1/t25-,26-,27-,28+,32+/m0/s1. The average Bonchev–Trinajstić information content (AvgIpc) is 3.82. The first kappa shape index (κ1) is 36.8. The van der Waals surface area contributed by atoms with E-state index in [1.807, 2.05) is 44.2 Å². The number of ether oxygens (including phenoxy) is 4. The molecule has 3 N–H and O–H groups in total. The Kier molecular flexibility index (Phi) is 12.0. The van der Waals surface area contributed by atoms with E-state index < -0.39 is 65.1 Å². The van der Waals surface area contributed by atoms with Crippen molar-refractivity contribution < 1.29 is 52.3 Å². The molecule has 5 rings (SSSR count). The van der Waals surface area contributed by atoms with Crippen molar-refractivity contribution in [1.82, 2.24) is 14.5 Å². The molecule has 0 radical (unpaired) electrons. The maximum Gasteiger partial charge on any atom is 0.245 e. The molecule has 0 aromatic heterocycles. The van der Waals surface area contributed by atoms with Crippen molar-refractivity contribution in [1.29, 1.82) is 0 Å². The third-order valence-corrected chi connectivity index (χ3v) is 11.2. The lowest BCUT2D eigenvalue weighted by Crippen LogP contribution is -2.61. The highest BCUT2D eigenvalue weighted by atomic mass is 32.2. The largest absolute Gasteiger partial charge is 0.530 e. The zero-order chi connectivity index (χ0) is 35.2. The molecule has 2 aromatic rings. The predicted molar refractivity (Wildman–Crippen MR) is 174 cm³/mol. The molecule has 0 aliphatic carbocycles. The third kappa shape index (κ3) is 9.01. The molecule has 5 atom stereocenters. The molecule has 2 saturated heterocycles. The topological polar surface area (TPSA) is 187 Å². The first-order valence-corrected chi connectivity index (χ1v) is 18.1. The summed E-state index contributed by atoms with van der Waals surface area (Å²) in [4.78, 5) is 25.4. The molecule has 3 aliphatic rings. The molecular weight excluding hydrogens is 658 g/mol. The Balaban J connectivity index is 1.43. The number of amides is 2. The van der Waals surface area contributed by atoms with E-state index in [1.165, 1.54) is 22.5 Å². The van der Waals surface area contributed by atoms with E-state index >= 15 is 0 Å². The molecular formula is C34H46N3O11S-. The molecule has 15 heteroatoms. The summed E-state index contributed by atoms with van der Waals surface area (Å²) in [5, 5.41) is 36.5. The van der Waals surface area contributed by atoms with Gasteiger partial charge in [-0.3, -0.25) is 4.79 Å². The molecule has 0 saturated carbocycles. The fourth-order valence-corrected chi connectivity index (χ4v) is 8.52. The van der Waals surface area contributed by atoms with Gasteiger partial charge in [-0.1, -0.05) is 50.6 Å². The number of carbonyl (C=O) groups is 2. The van der Waals surface area contributed by atoms with Crippen LogP contribution in [0.2, 0.25) is 0 Å². The number of sulfonamides is 1. The number of fused-ring (bicyclic) bond motifs is 2. The molecule has 0 spiro atoms. The fourth-order valence-electron chi connectivity index (χ4n) is 6.85. The van der Waals surface area contributed by atoms with Crippen LogP contribution >= 0.6 is 0 Å². The van der Waals surface area contributed by atoms with Gasteiger partial charge in [-0.05, 0) is 48.8 Å². The number of nitrogens with one attached hydrogen (secondary N) is 1. The van der Waals surface area contributed by atoms with E-state index in [0.717, 1.165) is 10.5 Å². The highest BCUT2D eigenvalue weighted by Crippen LogP contribution is 2.38. The minimum atomic E-state index is -4.26. The molecule has 3 aliphatic heterocycles. The van der Waals surface area contributed by atoms with Crippen molar-refractivity contribution in [3.63, 3.8) is 0 Å². The van der Waals surface area contributed by atoms with Gasteiger partial charge in [-0.2, -0.15) is 4.31 Å². The summed E-state index contributed by atoms with van der Waals surface area (Å²) < 4.78 is 52.2. The van der Waals surface area contributed by atoms with Crippen molar-refractivity contribution in [3.05, 3.63) is 54.1 Å². The molecule has 270 valence electrons. The lowest BCUT2D eigenvalue weighted by molar-refractivity contribution is -0.273. The number of aliphatic hydroxyl groups is 2. The number of carbonyl (C=O) groups excluding carboxylic acids is 2. The maximum absolute atomic E-state index is 14.4. The van der Waals surface area contributed by atoms with Gasteiger partial charge in [0.2, 0.25) is 22.7 Å². The van der Waals surface area contributed by atoms with Crippen LogP contribution in [0.4, 0.5) is 4.79 Å². The lowest BCUT2D eigenvalue weighted by Gasteiger charge is -2.43. The zero-order valence-corrected chi connectivity index (χ0v) is 28.7. The second-order valence-electron chi connectivity index (χ2n) is 13.5. The molecule has 0 unspecified atom stereocenters. The monoisotopic (exact) mass is 704 g/mol. The van der Waals surface area contributed by atoms with Crippen LogP contribution in [0, 0.1) is 11.3 Å². The highest BCUT2D eigenvalue weighted by Gasteiger charge is 2.47. The number of unbranched alkanes of at least 4 members (excludes halogenated alkanes) is 1. The highest BCUT2D eigenvalue weighted by molar-refractivity contribution is 7.89.